The molecule has 0 spiro atoms. The molecule has 0 atom stereocenters. The first-order valence-electron chi connectivity index (χ1n) is 12.8. The van der Waals surface area contributed by atoms with Gasteiger partial charge in [-0.15, -0.1) is 0 Å². The van der Waals surface area contributed by atoms with Crippen molar-refractivity contribution in [1.82, 2.24) is 14.9 Å². The third kappa shape index (κ3) is 6.19. The van der Waals surface area contributed by atoms with Crippen LogP contribution in [0.15, 0.2) is 30.6 Å². The Bertz CT molecular complexity index is 1390. The van der Waals surface area contributed by atoms with Crippen molar-refractivity contribution in [3.8, 4) is 12.1 Å². The molecule has 14 heteroatoms. The summed E-state index contributed by atoms with van der Waals surface area (Å²) in [6, 6.07) is 4.62. The quantitative estimate of drug-likeness (QED) is 0.451. The lowest BCUT2D eigenvalue weighted by atomic mass is 10.0. The van der Waals surface area contributed by atoms with Gasteiger partial charge >= 0.3 is 18.3 Å². The maximum atomic E-state index is 13.6. The minimum Gasteiger partial charge on any atom is -0.460 e. The van der Waals surface area contributed by atoms with Crippen LogP contribution in [0.1, 0.15) is 58.6 Å². The number of carbonyl (C=O) groups excluding carboxylic acids is 2. The van der Waals surface area contributed by atoms with E-state index in [0.717, 1.165) is 17.0 Å². The van der Waals surface area contributed by atoms with Crippen LogP contribution in [-0.2, 0) is 15.7 Å². The van der Waals surface area contributed by atoms with E-state index >= 15 is 0 Å². The number of nitriles is 1. The van der Waals surface area contributed by atoms with Crippen LogP contribution in [0.2, 0.25) is 0 Å². The van der Waals surface area contributed by atoms with Gasteiger partial charge in [0.05, 0.1) is 41.0 Å². The summed E-state index contributed by atoms with van der Waals surface area (Å²) in [5.41, 5.74) is -3.35. The SMILES string of the molecule is CC(C)(C)OC(=O)N1CCC(Oc2ncc(N3C(=S)N(c4ccc(C#N)c(C(F)(F)F)c4)C(=O)C3(C)C)cn2)CC1. The molecular formula is C27H29F3N6O4S. The molecule has 0 radical (unpaired) electrons. The zero-order valence-electron chi connectivity index (χ0n) is 23.2. The van der Waals surface area contributed by atoms with Crippen molar-refractivity contribution in [1.29, 1.82) is 5.26 Å². The number of carbonyl (C=O) groups is 2. The summed E-state index contributed by atoms with van der Waals surface area (Å²) in [5, 5.41) is 9.04. The number of likely N-dealkylation sites (tertiary alicyclic amines) is 1. The number of hydrogen-bond acceptors (Lipinski definition) is 8. The molecule has 2 aromatic rings. The molecule has 2 saturated heterocycles. The van der Waals surface area contributed by atoms with Gasteiger partial charge in [0, 0.05) is 25.9 Å². The lowest BCUT2D eigenvalue weighted by Crippen LogP contribution is -2.44. The Kier molecular flexibility index (Phi) is 7.88. The molecular weight excluding hydrogens is 561 g/mol. The molecule has 3 heterocycles. The number of nitrogens with zero attached hydrogens (tertiary/aromatic N) is 6. The fourth-order valence-electron chi connectivity index (χ4n) is 4.58. The third-order valence-electron chi connectivity index (χ3n) is 6.59. The Labute approximate surface area is 240 Å². The Hall–Kier alpha value is -3.99. The third-order valence-corrected chi connectivity index (χ3v) is 6.96. The number of piperidine rings is 1. The van der Waals surface area contributed by atoms with Gasteiger partial charge in [-0.05, 0) is 65.0 Å². The largest absolute Gasteiger partial charge is 0.460 e. The Morgan fingerprint density at radius 2 is 1.73 bits per heavy atom. The van der Waals surface area contributed by atoms with E-state index in [1.165, 1.54) is 29.4 Å². The van der Waals surface area contributed by atoms with E-state index in [4.69, 9.17) is 27.0 Å². The van der Waals surface area contributed by atoms with E-state index in [1.807, 2.05) is 20.8 Å². The van der Waals surface area contributed by atoms with Crippen molar-refractivity contribution in [2.24, 2.45) is 0 Å². The maximum absolute atomic E-state index is 13.6. The molecule has 0 saturated carbocycles. The van der Waals surface area contributed by atoms with Gasteiger partial charge in [-0.25, -0.2) is 14.8 Å². The Morgan fingerprint density at radius 1 is 1.12 bits per heavy atom. The van der Waals surface area contributed by atoms with E-state index in [1.54, 1.807) is 18.7 Å². The highest BCUT2D eigenvalue weighted by molar-refractivity contribution is 7.81. The molecule has 1 aromatic heterocycles. The zero-order chi connectivity index (χ0) is 30.3. The number of rotatable bonds is 4. The van der Waals surface area contributed by atoms with Crippen LogP contribution in [0.4, 0.5) is 29.3 Å². The molecule has 2 fully saturated rings. The summed E-state index contributed by atoms with van der Waals surface area (Å²) in [7, 11) is 0. The molecule has 0 N–H and O–H groups in total. The second-order valence-electron chi connectivity index (χ2n) is 11.2. The van der Waals surface area contributed by atoms with Crippen molar-refractivity contribution in [3.63, 3.8) is 0 Å². The molecule has 2 aliphatic rings. The zero-order valence-corrected chi connectivity index (χ0v) is 24.0. The highest BCUT2D eigenvalue weighted by Gasteiger charge is 2.51. The predicted molar refractivity (Wildman–Crippen MR) is 146 cm³/mol. The molecule has 1 aromatic carbocycles. The number of ether oxygens (including phenoxy) is 2. The summed E-state index contributed by atoms with van der Waals surface area (Å²) in [6.45, 7) is 9.50. The number of amides is 2. The summed E-state index contributed by atoms with van der Waals surface area (Å²) >= 11 is 5.53. The minimum atomic E-state index is -4.79. The van der Waals surface area contributed by atoms with Gasteiger partial charge < -0.3 is 19.3 Å². The highest BCUT2D eigenvalue weighted by Crippen LogP contribution is 2.39. The van der Waals surface area contributed by atoms with Gasteiger partial charge in [0.1, 0.15) is 17.2 Å². The summed E-state index contributed by atoms with van der Waals surface area (Å²) in [6.07, 6.45) is -1.44. The average Bonchev–Trinajstić information content (AvgIpc) is 3.06. The van der Waals surface area contributed by atoms with Gasteiger partial charge in [-0.1, -0.05) is 0 Å². The van der Waals surface area contributed by atoms with Crippen molar-refractivity contribution >= 4 is 40.7 Å². The fraction of sp³-hybridized carbons (Fsp3) is 0.481. The first-order valence-corrected chi connectivity index (χ1v) is 13.2. The minimum absolute atomic E-state index is 0.0652. The Balaban J connectivity index is 1.47. The van der Waals surface area contributed by atoms with Gasteiger partial charge in [-0.2, -0.15) is 18.4 Å². The molecule has 41 heavy (non-hydrogen) atoms. The number of alkyl halides is 3. The van der Waals surface area contributed by atoms with Crippen molar-refractivity contribution < 1.29 is 32.2 Å². The van der Waals surface area contributed by atoms with Crippen LogP contribution >= 0.6 is 12.2 Å². The topological polar surface area (TPSA) is 112 Å². The van der Waals surface area contributed by atoms with Crippen molar-refractivity contribution in [2.45, 2.75) is 70.9 Å². The molecule has 0 aliphatic carbocycles. The molecule has 10 nitrogen and oxygen atoms in total. The summed E-state index contributed by atoms with van der Waals surface area (Å²) in [4.78, 5) is 38.3. The number of hydrogen-bond donors (Lipinski definition) is 0. The fourth-order valence-corrected chi connectivity index (χ4v) is 5.10. The maximum Gasteiger partial charge on any atom is 0.417 e. The van der Waals surface area contributed by atoms with Gasteiger partial charge in [-0.3, -0.25) is 9.69 Å². The summed E-state index contributed by atoms with van der Waals surface area (Å²) < 4.78 is 52.0. The van der Waals surface area contributed by atoms with Crippen LogP contribution in [0.3, 0.4) is 0 Å². The smallest absolute Gasteiger partial charge is 0.417 e. The van der Waals surface area contributed by atoms with Crippen LogP contribution in [0.5, 0.6) is 6.01 Å². The number of halogens is 3. The van der Waals surface area contributed by atoms with E-state index in [-0.39, 0.29) is 29.0 Å². The molecule has 2 amide bonds. The van der Waals surface area contributed by atoms with Gasteiger partial charge in [0.2, 0.25) is 0 Å². The van der Waals surface area contributed by atoms with Crippen LogP contribution in [-0.4, -0.2) is 62.3 Å². The predicted octanol–water partition coefficient (Wildman–Crippen LogP) is 5.06. The standard InChI is InChI=1S/C27H29F3N6O4S/c1-25(2,3)40-24(38)34-10-8-19(9-11-34)39-22-32-14-18(15-33-22)36-23(41)35(21(37)26(36,4)5)17-7-6-16(13-31)20(12-17)27(28,29)30/h6-7,12,14-15,19H,8-11H2,1-5H3. The van der Waals surface area contributed by atoms with Crippen molar-refractivity contribution in [2.75, 3.05) is 22.9 Å². The first kappa shape index (κ1) is 30.0. The number of benzene rings is 1. The molecule has 2 aliphatic heterocycles. The molecule has 4 rings (SSSR count). The summed E-state index contributed by atoms with van der Waals surface area (Å²) in [5.74, 6) is -0.558. The van der Waals surface area contributed by atoms with Crippen LogP contribution in [0.25, 0.3) is 0 Å². The molecule has 0 bridgehead atoms. The van der Waals surface area contributed by atoms with E-state index in [0.29, 0.717) is 31.6 Å². The van der Waals surface area contributed by atoms with E-state index < -0.39 is 34.4 Å². The second kappa shape index (κ2) is 10.8. The number of aromatic nitrogens is 2. The molecule has 0 unspecified atom stereocenters. The highest BCUT2D eigenvalue weighted by atomic mass is 32.1. The average molecular weight is 591 g/mol. The lowest BCUT2D eigenvalue weighted by molar-refractivity contribution is -0.137. The van der Waals surface area contributed by atoms with Gasteiger partial charge in [0.15, 0.2) is 5.11 Å². The normalized spacial score (nSPS) is 18.0. The Morgan fingerprint density at radius 3 is 2.27 bits per heavy atom. The lowest BCUT2D eigenvalue weighted by Gasteiger charge is -2.33. The van der Waals surface area contributed by atoms with Crippen LogP contribution < -0.4 is 14.5 Å². The monoisotopic (exact) mass is 590 g/mol. The second-order valence-corrected chi connectivity index (χ2v) is 11.5. The number of thiocarbonyl (C=S) groups is 1. The molecule has 218 valence electrons. The van der Waals surface area contributed by atoms with Gasteiger partial charge in [0.25, 0.3) is 5.91 Å². The first-order chi connectivity index (χ1) is 19.0. The van der Waals surface area contributed by atoms with E-state index in [9.17, 15) is 22.8 Å². The van der Waals surface area contributed by atoms with Crippen molar-refractivity contribution in [3.05, 3.63) is 41.7 Å². The van der Waals surface area contributed by atoms with Crippen LogP contribution in [0, 0.1) is 11.3 Å². The number of anilines is 2. The van der Waals surface area contributed by atoms with E-state index in [2.05, 4.69) is 9.97 Å².